The first-order valence-electron chi connectivity index (χ1n) is 3.76. The molecule has 0 unspecified atom stereocenters. The van der Waals surface area contributed by atoms with Gasteiger partial charge in [0.15, 0.2) is 5.66 Å². The molecular formula is C7H9BO5. The second-order valence-corrected chi connectivity index (χ2v) is 2.51. The summed E-state index contributed by atoms with van der Waals surface area (Å²) >= 11 is 0. The van der Waals surface area contributed by atoms with Gasteiger partial charge in [0.1, 0.15) is 0 Å². The van der Waals surface area contributed by atoms with Gasteiger partial charge in [0, 0.05) is 7.11 Å². The SMILES string of the molecule is COB1OC(OC)=C(OC)C2=C1O2. The predicted molar refractivity (Wildman–Crippen MR) is 43.0 cm³/mol. The second-order valence-electron chi connectivity index (χ2n) is 2.51. The number of hydrogen-bond acceptors (Lipinski definition) is 5. The van der Waals surface area contributed by atoms with E-state index >= 15 is 0 Å². The average molecular weight is 184 g/mol. The summed E-state index contributed by atoms with van der Waals surface area (Å²) < 4.78 is 25.4. The Balaban J connectivity index is 2.25. The van der Waals surface area contributed by atoms with Crippen molar-refractivity contribution < 1.29 is 23.5 Å². The highest BCUT2D eigenvalue weighted by molar-refractivity contribution is 6.55. The Morgan fingerprint density at radius 3 is 2.46 bits per heavy atom. The van der Waals surface area contributed by atoms with E-state index in [2.05, 4.69) is 0 Å². The highest BCUT2D eigenvalue weighted by Crippen LogP contribution is 2.41. The fraction of sp³-hybridized carbons (Fsp3) is 0.429. The fourth-order valence-corrected chi connectivity index (χ4v) is 1.17. The minimum absolute atomic E-state index is 0.283. The first kappa shape index (κ1) is 8.31. The highest BCUT2D eigenvalue weighted by Gasteiger charge is 2.50. The van der Waals surface area contributed by atoms with Crippen LogP contribution in [0.5, 0.6) is 0 Å². The van der Waals surface area contributed by atoms with E-state index in [1.807, 2.05) is 0 Å². The van der Waals surface area contributed by atoms with E-state index in [9.17, 15) is 0 Å². The molecule has 0 aromatic rings. The van der Waals surface area contributed by atoms with Gasteiger partial charge < -0.3 is 23.5 Å². The molecule has 70 valence electrons. The van der Waals surface area contributed by atoms with Crippen LogP contribution in [0.15, 0.2) is 23.1 Å². The van der Waals surface area contributed by atoms with Crippen molar-refractivity contribution in [2.45, 2.75) is 0 Å². The molecule has 0 atom stereocenters. The highest BCUT2D eigenvalue weighted by atomic mass is 16.7. The summed E-state index contributed by atoms with van der Waals surface area (Å²) in [5.74, 6) is 1.41. The van der Waals surface area contributed by atoms with Crippen LogP contribution in [0, 0.1) is 0 Å². The molecular weight excluding hydrogens is 175 g/mol. The van der Waals surface area contributed by atoms with Crippen molar-refractivity contribution in [1.82, 2.24) is 0 Å². The Labute approximate surface area is 76.0 Å². The molecule has 0 bridgehead atoms. The molecule has 5 nitrogen and oxygen atoms in total. The second kappa shape index (κ2) is 2.88. The molecule has 0 amide bonds. The first-order valence-corrected chi connectivity index (χ1v) is 3.76. The van der Waals surface area contributed by atoms with E-state index in [1.54, 1.807) is 0 Å². The van der Waals surface area contributed by atoms with Crippen molar-refractivity contribution in [2.75, 3.05) is 21.3 Å². The van der Waals surface area contributed by atoms with E-state index < -0.39 is 7.12 Å². The van der Waals surface area contributed by atoms with Gasteiger partial charge in [-0.1, -0.05) is 0 Å². The lowest BCUT2D eigenvalue weighted by Gasteiger charge is -2.14. The summed E-state index contributed by atoms with van der Waals surface area (Å²) in [6.07, 6.45) is 0. The van der Waals surface area contributed by atoms with Gasteiger partial charge in [0.25, 0.3) is 0 Å². The van der Waals surface area contributed by atoms with E-state index in [4.69, 9.17) is 23.5 Å². The van der Waals surface area contributed by atoms with Crippen molar-refractivity contribution in [2.24, 2.45) is 0 Å². The predicted octanol–water partition coefficient (Wildman–Crippen LogP) is 0.394. The zero-order chi connectivity index (χ0) is 9.42. The van der Waals surface area contributed by atoms with Crippen LogP contribution < -0.4 is 0 Å². The number of methoxy groups -OCH3 is 2. The van der Waals surface area contributed by atoms with Gasteiger partial charge >= 0.3 is 13.1 Å². The zero-order valence-corrected chi connectivity index (χ0v) is 7.62. The quantitative estimate of drug-likeness (QED) is 0.593. The van der Waals surface area contributed by atoms with Crippen molar-refractivity contribution in [1.29, 1.82) is 0 Å². The third-order valence-corrected chi connectivity index (χ3v) is 1.82. The van der Waals surface area contributed by atoms with Crippen LogP contribution in [0.25, 0.3) is 0 Å². The average Bonchev–Trinajstić information content (AvgIpc) is 2.94. The molecule has 2 heterocycles. The molecule has 0 aromatic carbocycles. The largest absolute Gasteiger partial charge is 0.606 e. The monoisotopic (exact) mass is 184 g/mol. The molecule has 2 rings (SSSR count). The van der Waals surface area contributed by atoms with Crippen LogP contribution in [0.2, 0.25) is 0 Å². The molecule has 0 radical (unpaired) electrons. The Bertz CT molecular complexity index is 295. The number of ether oxygens (including phenoxy) is 3. The van der Waals surface area contributed by atoms with Crippen LogP contribution in [0.4, 0.5) is 0 Å². The van der Waals surface area contributed by atoms with Gasteiger partial charge in [-0.15, -0.1) is 0 Å². The summed E-state index contributed by atoms with van der Waals surface area (Å²) in [6.45, 7) is 0. The number of rotatable bonds is 3. The maximum absolute atomic E-state index is 5.27. The van der Waals surface area contributed by atoms with Gasteiger partial charge in [-0.05, 0) is 0 Å². The Hall–Kier alpha value is -1.30. The molecule has 2 aliphatic rings. The van der Waals surface area contributed by atoms with Gasteiger partial charge in [-0.3, -0.25) is 0 Å². The molecule has 13 heavy (non-hydrogen) atoms. The van der Waals surface area contributed by atoms with Crippen LogP contribution in [-0.4, -0.2) is 28.4 Å². The van der Waals surface area contributed by atoms with E-state index in [0.717, 1.165) is 0 Å². The molecule has 0 N–H and O–H groups in total. The smallest absolute Gasteiger partial charge is 0.501 e. The van der Waals surface area contributed by atoms with E-state index in [-0.39, 0.29) is 5.95 Å². The molecule has 0 aliphatic carbocycles. The summed E-state index contributed by atoms with van der Waals surface area (Å²) in [6, 6.07) is 0. The molecule has 0 aromatic heterocycles. The Kier molecular flexibility index (Phi) is 1.84. The van der Waals surface area contributed by atoms with Gasteiger partial charge in [-0.25, -0.2) is 0 Å². The molecule has 6 heteroatoms. The normalized spacial score (nSPS) is 19.2. The third kappa shape index (κ3) is 1.14. The minimum atomic E-state index is -0.510. The summed E-state index contributed by atoms with van der Waals surface area (Å²) in [7, 11) is 4.04. The first-order chi connectivity index (χ1) is 6.31. The van der Waals surface area contributed by atoms with Crippen molar-refractivity contribution in [3.05, 3.63) is 23.1 Å². The molecule has 0 spiro atoms. The minimum Gasteiger partial charge on any atom is -0.501 e. The lowest BCUT2D eigenvalue weighted by Crippen LogP contribution is -2.23. The van der Waals surface area contributed by atoms with E-state index in [1.165, 1.54) is 21.3 Å². The lowest BCUT2D eigenvalue weighted by molar-refractivity contribution is 0.101. The lowest BCUT2D eigenvalue weighted by atomic mass is 9.87. The van der Waals surface area contributed by atoms with Crippen molar-refractivity contribution >= 4 is 7.12 Å². The van der Waals surface area contributed by atoms with Crippen LogP contribution in [-0.2, 0) is 23.5 Å². The topological polar surface area (TPSA) is 49.5 Å². The van der Waals surface area contributed by atoms with Crippen LogP contribution in [0.3, 0.4) is 0 Å². The summed E-state index contributed by atoms with van der Waals surface area (Å²) in [5, 5.41) is 0. The molecule has 0 saturated heterocycles. The maximum atomic E-state index is 5.27. The van der Waals surface area contributed by atoms with E-state index in [0.29, 0.717) is 17.2 Å². The molecule has 0 fully saturated rings. The Morgan fingerprint density at radius 1 is 1.15 bits per heavy atom. The van der Waals surface area contributed by atoms with Crippen LogP contribution >= 0.6 is 0 Å². The summed E-state index contributed by atoms with van der Waals surface area (Å²) in [5.41, 5.74) is 0.653. The van der Waals surface area contributed by atoms with Gasteiger partial charge in [0.2, 0.25) is 11.5 Å². The Morgan fingerprint density at radius 2 is 1.92 bits per heavy atom. The van der Waals surface area contributed by atoms with Crippen LogP contribution in [0.1, 0.15) is 0 Å². The van der Waals surface area contributed by atoms with Crippen molar-refractivity contribution in [3.63, 3.8) is 0 Å². The fourth-order valence-electron chi connectivity index (χ4n) is 1.17. The number of hydrogen-bond donors (Lipinski definition) is 0. The summed E-state index contributed by atoms with van der Waals surface area (Å²) in [4.78, 5) is 0. The molecule has 0 saturated carbocycles. The maximum Gasteiger partial charge on any atom is 0.606 e. The molecule has 2 aliphatic heterocycles. The van der Waals surface area contributed by atoms with Gasteiger partial charge in [0.05, 0.1) is 14.2 Å². The third-order valence-electron chi connectivity index (χ3n) is 1.82. The van der Waals surface area contributed by atoms with Crippen molar-refractivity contribution in [3.8, 4) is 0 Å². The standard InChI is InChI=1S/C7H9BO5/c1-9-5-4-6(12-4)8(11-3)13-7(5)10-2/h1-3H3. The van der Waals surface area contributed by atoms with Gasteiger partial charge in [-0.2, -0.15) is 0 Å². The zero-order valence-electron chi connectivity index (χ0n) is 7.62.